The molecule has 0 spiro atoms. The molecule has 0 fully saturated rings. The van der Waals surface area contributed by atoms with Crippen LogP contribution in [0, 0.1) is 0 Å². The Hall–Kier alpha value is -3.13. The molecule has 0 unspecified atom stereocenters. The lowest BCUT2D eigenvalue weighted by Crippen LogP contribution is -1.96. The molecule has 24 heavy (non-hydrogen) atoms. The molecule has 3 rings (SSSR count). The Labute approximate surface area is 141 Å². The van der Waals surface area contributed by atoms with Crippen LogP contribution < -0.4 is 0 Å². The Morgan fingerprint density at radius 3 is 1.75 bits per heavy atom. The molecule has 3 aromatic carbocycles. The van der Waals surface area contributed by atoms with Crippen molar-refractivity contribution in [2.24, 2.45) is 0 Å². The second-order valence-corrected chi connectivity index (χ2v) is 5.50. The van der Waals surface area contributed by atoms with E-state index in [0.29, 0.717) is 6.42 Å². The van der Waals surface area contributed by atoms with Gasteiger partial charge < -0.3 is 9.90 Å². The zero-order valence-electron chi connectivity index (χ0n) is 13.2. The van der Waals surface area contributed by atoms with Crippen LogP contribution in [0.4, 0.5) is 0 Å². The fourth-order valence-corrected chi connectivity index (χ4v) is 2.83. The van der Waals surface area contributed by atoms with Crippen molar-refractivity contribution in [2.75, 3.05) is 0 Å². The lowest BCUT2D eigenvalue weighted by molar-refractivity contribution is -0.107. The minimum Gasteiger partial charge on any atom is -0.508 e. The van der Waals surface area contributed by atoms with Crippen molar-refractivity contribution < 1.29 is 9.90 Å². The molecular formula is C22H18O2. The third-order valence-corrected chi connectivity index (χ3v) is 3.93. The first-order valence-corrected chi connectivity index (χ1v) is 7.86. The first-order chi connectivity index (χ1) is 11.8. The molecule has 0 aliphatic heterocycles. The Bertz CT molecular complexity index is 832. The standard InChI is InChI=1S/C22H18O2/c23-16-15-21(17-7-3-1-4-8-17)22(18-9-5-2-6-10-18)19-11-13-20(24)14-12-19/h1-14,16,24H,15H2. The van der Waals surface area contributed by atoms with Gasteiger partial charge in [-0.25, -0.2) is 0 Å². The fourth-order valence-electron chi connectivity index (χ4n) is 2.83. The largest absolute Gasteiger partial charge is 0.508 e. The van der Waals surface area contributed by atoms with Gasteiger partial charge in [-0.3, -0.25) is 0 Å². The zero-order valence-corrected chi connectivity index (χ0v) is 13.2. The van der Waals surface area contributed by atoms with E-state index < -0.39 is 0 Å². The highest BCUT2D eigenvalue weighted by Gasteiger charge is 2.13. The van der Waals surface area contributed by atoms with Gasteiger partial charge in [-0.2, -0.15) is 0 Å². The molecule has 0 amide bonds. The zero-order chi connectivity index (χ0) is 16.8. The molecule has 1 N–H and O–H groups in total. The van der Waals surface area contributed by atoms with Crippen molar-refractivity contribution in [3.05, 3.63) is 102 Å². The van der Waals surface area contributed by atoms with Crippen LogP contribution in [0.1, 0.15) is 23.1 Å². The highest BCUT2D eigenvalue weighted by Crippen LogP contribution is 2.34. The number of carbonyl (C=O) groups excluding carboxylic acids is 1. The molecule has 2 nitrogen and oxygen atoms in total. The second kappa shape index (κ2) is 7.42. The second-order valence-electron chi connectivity index (χ2n) is 5.50. The van der Waals surface area contributed by atoms with Crippen LogP contribution >= 0.6 is 0 Å². The van der Waals surface area contributed by atoms with Crippen LogP contribution in [0.3, 0.4) is 0 Å². The van der Waals surface area contributed by atoms with Crippen LogP contribution in [-0.2, 0) is 4.79 Å². The average Bonchev–Trinajstić information content (AvgIpc) is 2.64. The van der Waals surface area contributed by atoms with Crippen LogP contribution in [0.25, 0.3) is 11.1 Å². The molecular weight excluding hydrogens is 296 g/mol. The lowest BCUT2D eigenvalue weighted by atomic mass is 9.88. The van der Waals surface area contributed by atoms with E-state index in [4.69, 9.17) is 0 Å². The normalized spacial score (nSPS) is 11.7. The average molecular weight is 314 g/mol. The fraction of sp³-hybridized carbons (Fsp3) is 0.0455. The van der Waals surface area contributed by atoms with Crippen molar-refractivity contribution in [3.63, 3.8) is 0 Å². The molecule has 2 heteroatoms. The van der Waals surface area contributed by atoms with E-state index in [2.05, 4.69) is 0 Å². The number of hydrogen-bond acceptors (Lipinski definition) is 2. The van der Waals surface area contributed by atoms with Gasteiger partial charge in [0.2, 0.25) is 0 Å². The molecule has 0 saturated heterocycles. The molecule has 3 aromatic rings. The third-order valence-electron chi connectivity index (χ3n) is 3.93. The van der Waals surface area contributed by atoms with Gasteiger partial charge in [0.05, 0.1) is 0 Å². The van der Waals surface area contributed by atoms with Crippen molar-refractivity contribution in [3.8, 4) is 5.75 Å². The Morgan fingerprint density at radius 2 is 1.21 bits per heavy atom. The molecule has 0 atom stereocenters. The molecule has 0 heterocycles. The maximum absolute atomic E-state index is 11.3. The Morgan fingerprint density at radius 1 is 0.708 bits per heavy atom. The van der Waals surface area contributed by atoms with E-state index in [1.807, 2.05) is 72.8 Å². The van der Waals surface area contributed by atoms with Gasteiger partial charge in [-0.05, 0) is 40.0 Å². The van der Waals surface area contributed by atoms with Gasteiger partial charge in [-0.15, -0.1) is 0 Å². The van der Waals surface area contributed by atoms with Gasteiger partial charge in [0.15, 0.2) is 0 Å². The summed E-state index contributed by atoms with van der Waals surface area (Å²) in [6.07, 6.45) is 1.26. The minimum atomic E-state index is 0.225. The van der Waals surface area contributed by atoms with E-state index in [1.165, 1.54) is 0 Å². The molecule has 0 aromatic heterocycles. The summed E-state index contributed by atoms with van der Waals surface area (Å²) in [4.78, 5) is 11.3. The van der Waals surface area contributed by atoms with Crippen molar-refractivity contribution >= 4 is 17.4 Å². The lowest BCUT2D eigenvalue weighted by Gasteiger charge is -2.16. The van der Waals surface area contributed by atoms with Gasteiger partial charge >= 0.3 is 0 Å². The highest BCUT2D eigenvalue weighted by molar-refractivity contribution is 6.01. The number of hydrogen-bond donors (Lipinski definition) is 1. The Kier molecular flexibility index (Phi) is 4.87. The van der Waals surface area contributed by atoms with Gasteiger partial charge in [0.1, 0.15) is 12.0 Å². The van der Waals surface area contributed by atoms with E-state index in [-0.39, 0.29) is 5.75 Å². The maximum Gasteiger partial charge on any atom is 0.124 e. The smallest absolute Gasteiger partial charge is 0.124 e. The number of aromatic hydroxyl groups is 1. The number of rotatable bonds is 5. The summed E-state index contributed by atoms with van der Waals surface area (Å²) < 4.78 is 0. The van der Waals surface area contributed by atoms with E-state index in [9.17, 15) is 9.90 Å². The highest BCUT2D eigenvalue weighted by atomic mass is 16.3. The number of phenolic OH excluding ortho intramolecular Hbond substituents is 1. The minimum absolute atomic E-state index is 0.225. The molecule has 0 saturated carbocycles. The van der Waals surface area contributed by atoms with E-state index in [0.717, 1.165) is 34.1 Å². The molecule has 0 aliphatic rings. The first kappa shape index (κ1) is 15.8. The molecule has 0 aliphatic carbocycles. The monoisotopic (exact) mass is 314 g/mol. The van der Waals surface area contributed by atoms with Gasteiger partial charge in [0, 0.05) is 6.42 Å². The summed E-state index contributed by atoms with van der Waals surface area (Å²) in [5.74, 6) is 0.225. The number of benzene rings is 3. The van der Waals surface area contributed by atoms with E-state index in [1.54, 1.807) is 12.1 Å². The summed E-state index contributed by atoms with van der Waals surface area (Å²) in [6.45, 7) is 0. The van der Waals surface area contributed by atoms with Crippen LogP contribution in [0.15, 0.2) is 84.9 Å². The van der Waals surface area contributed by atoms with Gasteiger partial charge in [0.25, 0.3) is 0 Å². The van der Waals surface area contributed by atoms with Crippen molar-refractivity contribution in [1.29, 1.82) is 0 Å². The van der Waals surface area contributed by atoms with Crippen LogP contribution in [-0.4, -0.2) is 11.4 Å². The third kappa shape index (κ3) is 3.44. The van der Waals surface area contributed by atoms with Crippen LogP contribution in [0.5, 0.6) is 5.75 Å². The predicted molar refractivity (Wildman–Crippen MR) is 97.6 cm³/mol. The summed E-state index contributed by atoms with van der Waals surface area (Å²) in [6, 6.07) is 27.1. The molecule has 118 valence electrons. The topological polar surface area (TPSA) is 37.3 Å². The predicted octanol–water partition coefficient (Wildman–Crippen LogP) is 4.94. The molecule has 0 bridgehead atoms. The molecule has 0 radical (unpaired) electrons. The number of phenols is 1. The number of aldehydes is 1. The van der Waals surface area contributed by atoms with Gasteiger partial charge in [-0.1, -0.05) is 72.8 Å². The number of allylic oxidation sites excluding steroid dienone is 1. The Balaban J connectivity index is 2.28. The SMILES string of the molecule is O=CCC(=C(c1ccccc1)c1ccc(O)cc1)c1ccccc1. The van der Waals surface area contributed by atoms with E-state index >= 15 is 0 Å². The quantitative estimate of drug-likeness (QED) is 0.535. The van der Waals surface area contributed by atoms with Crippen molar-refractivity contribution in [1.82, 2.24) is 0 Å². The van der Waals surface area contributed by atoms with Crippen molar-refractivity contribution in [2.45, 2.75) is 6.42 Å². The summed E-state index contributed by atoms with van der Waals surface area (Å²) >= 11 is 0. The first-order valence-electron chi connectivity index (χ1n) is 7.86. The number of carbonyl (C=O) groups is 1. The summed E-state index contributed by atoms with van der Waals surface area (Å²) in [7, 11) is 0. The summed E-state index contributed by atoms with van der Waals surface area (Å²) in [5, 5.41) is 9.60. The summed E-state index contributed by atoms with van der Waals surface area (Å²) in [5.41, 5.74) is 5.02. The van der Waals surface area contributed by atoms with Crippen LogP contribution in [0.2, 0.25) is 0 Å². The maximum atomic E-state index is 11.3.